The highest BCUT2D eigenvalue weighted by atomic mass is 32.2. The molecule has 2 atom stereocenters. The fourth-order valence-electron chi connectivity index (χ4n) is 3.85. The van der Waals surface area contributed by atoms with Crippen molar-refractivity contribution in [1.29, 1.82) is 0 Å². The van der Waals surface area contributed by atoms with Gasteiger partial charge < -0.3 is 9.32 Å². The number of hydrogen-bond acceptors (Lipinski definition) is 8. The van der Waals surface area contributed by atoms with Crippen LogP contribution in [0, 0.1) is 5.92 Å². The Hall–Kier alpha value is -2.23. The third-order valence-corrected chi connectivity index (χ3v) is 9.14. The van der Waals surface area contributed by atoms with E-state index in [0.29, 0.717) is 11.1 Å². The van der Waals surface area contributed by atoms with Gasteiger partial charge in [-0.1, -0.05) is 30.8 Å². The molecule has 32 heavy (non-hydrogen) atoms. The van der Waals surface area contributed by atoms with Crippen LogP contribution in [0.3, 0.4) is 0 Å². The van der Waals surface area contributed by atoms with Gasteiger partial charge in [-0.3, -0.25) is 4.79 Å². The number of carbonyl (C=O) groups is 1. The minimum Gasteiger partial charge on any atom is -0.410 e. The van der Waals surface area contributed by atoms with Crippen LogP contribution < -0.4 is 0 Å². The number of aromatic nitrogens is 3. The molecule has 0 saturated carbocycles. The minimum atomic E-state index is -0.0985. The first kappa shape index (κ1) is 21.6. The van der Waals surface area contributed by atoms with Crippen LogP contribution in [-0.4, -0.2) is 38.8 Å². The Bertz CT molecular complexity index is 1230. The molecular weight excluding hydrogens is 460 g/mol. The van der Waals surface area contributed by atoms with Crippen molar-refractivity contribution in [3.05, 3.63) is 45.8 Å². The molecule has 0 unspecified atom stereocenters. The van der Waals surface area contributed by atoms with E-state index < -0.39 is 0 Å². The number of hydrogen-bond donors (Lipinski definition) is 0. The van der Waals surface area contributed by atoms with Crippen molar-refractivity contribution in [3.8, 4) is 10.8 Å². The SMILES string of the molecule is C[C@@H]1CCc2sc(-c3nnc(SCC(=O)N(C)[C@H](C)c4nc5ccccc5s4)o3)cc2C1. The number of para-hydroxylation sites is 1. The molecule has 4 aromatic rings. The van der Waals surface area contributed by atoms with E-state index in [0.717, 1.165) is 38.9 Å². The van der Waals surface area contributed by atoms with Crippen molar-refractivity contribution >= 4 is 50.6 Å². The molecule has 6 nitrogen and oxygen atoms in total. The Morgan fingerprint density at radius 2 is 2.16 bits per heavy atom. The number of thioether (sulfide) groups is 1. The first-order valence-corrected chi connectivity index (χ1v) is 13.3. The number of amides is 1. The van der Waals surface area contributed by atoms with Crippen molar-refractivity contribution in [2.45, 2.75) is 44.4 Å². The summed E-state index contributed by atoms with van der Waals surface area (Å²) in [6.07, 6.45) is 3.49. The second-order valence-corrected chi connectivity index (χ2v) is 11.4. The number of nitrogens with zero attached hydrogens (tertiary/aromatic N) is 4. The Kier molecular flexibility index (Phi) is 6.05. The van der Waals surface area contributed by atoms with Crippen LogP contribution in [0.4, 0.5) is 0 Å². The van der Waals surface area contributed by atoms with Crippen molar-refractivity contribution in [2.24, 2.45) is 5.92 Å². The number of thiazole rings is 1. The zero-order valence-corrected chi connectivity index (χ0v) is 20.6. The van der Waals surface area contributed by atoms with Crippen molar-refractivity contribution < 1.29 is 9.21 Å². The van der Waals surface area contributed by atoms with Crippen LogP contribution in [0.5, 0.6) is 0 Å². The summed E-state index contributed by atoms with van der Waals surface area (Å²) in [5.74, 6) is 1.52. The van der Waals surface area contributed by atoms with Gasteiger partial charge in [-0.15, -0.1) is 32.9 Å². The summed E-state index contributed by atoms with van der Waals surface area (Å²) in [6.45, 7) is 4.30. The maximum absolute atomic E-state index is 12.8. The van der Waals surface area contributed by atoms with Gasteiger partial charge in [0.15, 0.2) is 0 Å². The molecule has 0 saturated heterocycles. The molecule has 0 radical (unpaired) electrons. The highest BCUT2D eigenvalue weighted by Gasteiger charge is 2.23. The van der Waals surface area contributed by atoms with Gasteiger partial charge in [0.25, 0.3) is 11.1 Å². The van der Waals surface area contributed by atoms with E-state index in [4.69, 9.17) is 4.42 Å². The molecule has 3 heterocycles. The second-order valence-electron chi connectivity index (χ2n) is 8.27. The van der Waals surface area contributed by atoms with Crippen LogP contribution in [0.25, 0.3) is 21.0 Å². The van der Waals surface area contributed by atoms with E-state index in [1.807, 2.05) is 32.2 Å². The predicted molar refractivity (Wildman–Crippen MR) is 130 cm³/mol. The zero-order chi connectivity index (χ0) is 22.2. The first-order valence-electron chi connectivity index (χ1n) is 10.7. The summed E-state index contributed by atoms with van der Waals surface area (Å²) >= 11 is 4.66. The van der Waals surface area contributed by atoms with Gasteiger partial charge in [-0.05, 0) is 55.9 Å². The van der Waals surface area contributed by atoms with Crippen LogP contribution in [-0.2, 0) is 17.6 Å². The molecule has 1 aromatic carbocycles. The normalized spacial score (nSPS) is 16.8. The molecule has 1 aliphatic carbocycles. The molecule has 5 rings (SSSR count). The van der Waals surface area contributed by atoms with Crippen LogP contribution in [0.15, 0.2) is 40.0 Å². The van der Waals surface area contributed by atoms with Gasteiger partial charge in [-0.2, -0.15) is 0 Å². The highest BCUT2D eigenvalue weighted by molar-refractivity contribution is 7.99. The number of thiophene rings is 1. The Morgan fingerprint density at radius 1 is 1.31 bits per heavy atom. The van der Waals surface area contributed by atoms with Gasteiger partial charge >= 0.3 is 0 Å². The largest absolute Gasteiger partial charge is 0.410 e. The summed E-state index contributed by atoms with van der Waals surface area (Å²) in [4.78, 5) is 21.7. The average molecular weight is 485 g/mol. The molecule has 166 valence electrons. The van der Waals surface area contributed by atoms with Crippen LogP contribution in [0.2, 0.25) is 0 Å². The van der Waals surface area contributed by atoms with Gasteiger partial charge in [-0.25, -0.2) is 4.98 Å². The van der Waals surface area contributed by atoms with E-state index in [9.17, 15) is 4.79 Å². The van der Waals surface area contributed by atoms with E-state index >= 15 is 0 Å². The second kappa shape index (κ2) is 8.96. The van der Waals surface area contributed by atoms with Gasteiger partial charge in [0.2, 0.25) is 5.91 Å². The topological polar surface area (TPSA) is 72.1 Å². The highest BCUT2D eigenvalue weighted by Crippen LogP contribution is 2.37. The summed E-state index contributed by atoms with van der Waals surface area (Å²) in [5.41, 5.74) is 2.38. The number of rotatable bonds is 6. The molecule has 1 aliphatic rings. The first-order chi connectivity index (χ1) is 15.5. The molecule has 0 N–H and O–H groups in total. The van der Waals surface area contributed by atoms with Crippen molar-refractivity contribution in [1.82, 2.24) is 20.1 Å². The zero-order valence-electron chi connectivity index (χ0n) is 18.2. The van der Waals surface area contributed by atoms with E-state index in [-0.39, 0.29) is 17.7 Å². The molecular formula is C23H24N4O2S3. The lowest BCUT2D eigenvalue weighted by Crippen LogP contribution is -2.31. The molecule has 3 aromatic heterocycles. The maximum atomic E-state index is 12.8. The number of fused-ring (bicyclic) bond motifs is 2. The number of carbonyl (C=O) groups excluding carboxylic acids is 1. The van der Waals surface area contributed by atoms with Crippen molar-refractivity contribution in [3.63, 3.8) is 0 Å². The maximum Gasteiger partial charge on any atom is 0.277 e. The van der Waals surface area contributed by atoms with Crippen LogP contribution >= 0.6 is 34.4 Å². The quantitative estimate of drug-likeness (QED) is 0.320. The minimum absolute atomic E-state index is 0.00193. The summed E-state index contributed by atoms with van der Waals surface area (Å²) in [7, 11) is 1.82. The lowest BCUT2D eigenvalue weighted by Gasteiger charge is -2.22. The number of benzene rings is 1. The van der Waals surface area contributed by atoms with E-state index in [2.05, 4.69) is 34.2 Å². The smallest absolute Gasteiger partial charge is 0.277 e. The van der Waals surface area contributed by atoms with Gasteiger partial charge in [0.05, 0.1) is 26.9 Å². The fraction of sp³-hybridized carbons (Fsp3) is 0.391. The third-order valence-electron chi connectivity index (χ3n) is 5.91. The predicted octanol–water partition coefficient (Wildman–Crippen LogP) is 5.84. The summed E-state index contributed by atoms with van der Waals surface area (Å²) < 4.78 is 6.99. The standard InChI is InChI=1S/C23H24N4O2S3/c1-13-8-9-17-15(10-13)11-19(31-17)21-25-26-23(29-21)30-12-20(28)27(3)14(2)22-24-16-6-4-5-7-18(16)32-22/h4-7,11,13-14H,8-10,12H2,1-3H3/t13-,14-/m1/s1. The molecule has 9 heteroatoms. The Labute approximate surface area is 199 Å². The van der Waals surface area contributed by atoms with E-state index in [1.54, 1.807) is 27.6 Å². The molecule has 0 aliphatic heterocycles. The Balaban J connectivity index is 1.21. The summed E-state index contributed by atoms with van der Waals surface area (Å²) in [5, 5.41) is 9.73. The summed E-state index contributed by atoms with van der Waals surface area (Å²) in [6, 6.07) is 10.1. The fourth-order valence-corrected chi connectivity index (χ4v) is 6.73. The van der Waals surface area contributed by atoms with Crippen molar-refractivity contribution in [2.75, 3.05) is 12.8 Å². The third kappa shape index (κ3) is 4.33. The average Bonchev–Trinajstić information content (AvgIpc) is 3.53. The lowest BCUT2D eigenvalue weighted by molar-refractivity contribution is -0.128. The molecule has 1 amide bonds. The van der Waals surface area contributed by atoms with Crippen LogP contribution in [0.1, 0.15) is 41.8 Å². The van der Waals surface area contributed by atoms with E-state index in [1.165, 1.54) is 28.6 Å². The number of aryl methyl sites for hydroxylation is 1. The van der Waals surface area contributed by atoms with Gasteiger partial charge in [0.1, 0.15) is 5.01 Å². The lowest BCUT2D eigenvalue weighted by atomic mass is 9.90. The van der Waals surface area contributed by atoms with Gasteiger partial charge in [0, 0.05) is 11.9 Å². The molecule has 0 spiro atoms. The Morgan fingerprint density at radius 3 is 3.00 bits per heavy atom. The molecule has 0 bridgehead atoms. The monoisotopic (exact) mass is 484 g/mol. The molecule has 0 fully saturated rings.